The molecular weight excluding hydrogens is 563 g/mol. The van der Waals surface area contributed by atoms with Crippen LogP contribution in [0, 0.1) is 24.3 Å². The average molecular weight is 604 g/mol. The first-order chi connectivity index (χ1) is 20.3. The summed E-state index contributed by atoms with van der Waals surface area (Å²) in [5, 5.41) is 6.63. The summed E-state index contributed by atoms with van der Waals surface area (Å²) in [6.45, 7) is 18.6. The van der Waals surface area contributed by atoms with Crippen molar-refractivity contribution in [3.63, 3.8) is 0 Å². The summed E-state index contributed by atoms with van der Waals surface area (Å²) >= 11 is 13.4. The monoisotopic (exact) mass is 602 g/mol. The molecule has 0 heterocycles. The van der Waals surface area contributed by atoms with E-state index in [-0.39, 0.29) is 10.8 Å². The first-order valence-corrected chi connectivity index (χ1v) is 16.0. The maximum Gasteiger partial charge on any atom is 0.0412 e. The fourth-order valence-corrected chi connectivity index (χ4v) is 7.71. The summed E-state index contributed by atoms with van der Waals surface area (Å²) < 4.78 is 0. The van der Waals surface area contributed by atoms with Crippen LogP contribution in [-0.2, 0) is 10.8 Å². The van der Waals surface area contributed by atoms with Crippen LogP contribution in [0.4, 0.5) is 0 Å². The lowest BCUT2D eigenvalue weighted by Crippen LogP contribution is -2.30. The molecule has 0 saturated carbocycles. The van der Waals surface area contributed by atoms with E-state index in [0.717, 1.165) is 27.6 Å². The van der Waals surface area contributed by atoms with E-state index in [0.29, 0.717) is 0 Å². The van der Waals surface area contributed by atoms with Crippen molar-refractivity contribution in [1.29, 1.82) is 0 Å². The van der Waals surface area contributed by atoms with Crippen LogP contribution in [0.5, 0.6) is 0 Å². The van der Waals surface area contributed by atoms with Gasteiger partial charge < -0.3 is 0 Å². The van der Waals surface area contributed by atoms with Gasteiger partial charge in [0.05, 0.1) is 0 Å². The molecule has 4 aromatic rings. The van der Waals surface area contributed by atoms with Crippen molar-refractivity contribution in [2.45, 2.75) is 72.6 Å². The first kappa shape index (κ1) is 29.7. The van der Waals surface area contributed by atoms with Gasteiger partial charge in [0.15, 0.2) is 0 Å². The summed E-state index contributed by atoms with van der Waals surface area (Å²) in [6, 6.07) is 21.4. The predicted octanol–water partition coefficient (Wildman–Crippen LogP) is 10.2. The molecule has 2 aliphatic rings. The van der Waals surface area contributed by atoms with Crippen LogP contribution in [0.25, 0.3) is 17.2 Å². The summed E-state index contributed by atoms with van der Waals surface area (Å²) in [4.78, 5) is 0. The lowest BCUT2D eigenvalue weighted by atomic mass is 9.75. The Morgan fingerprint density at radius 3 is 1.91 bits per heavy atom. The zero-order valence-corrected chi connectivity index (χ0v) is 28.1. The van der Waals surface area contributed by atoms with Gasteiger partial charge >= 0.3 is 0 Å². The maximum absolute atomic E-state index is 6.69. The Morgan fingerprint density at radius 1 is 0.767 bits per heavy atom. The van der Waals surface area contributed by atoms with Crippen molar-refractivity contribution in [2.75, 3.05) is 0 Å². The first-order valence-electron chi connectivity index (χ1n) is 15.2. The molecule has 0 spiro atoms. The van der Waals surface area contributed by atoms with Crippen LogP contribution in [-0.4, -0.2) is 0 Å². The van der Waals surface area contributed by atoms with E-state index in [2.05, 4.69) is 128 Å². The third-order valence-corrected chi connectivity index (χ3v) is 9.35. The van der Waals surface area contributed by atoms with E-state index in [1.165, 1.54) is 65.4 Å². The molecule has 0 aliphatic heterocycles. The molecule has 6 rings (SSSR count). The number of rotatable bonds is 3. The lowest BCUT2D eigenvalue weighted by molar-refractivity contribution is 0.580. The average Bonchev–Trinajstić information content (AvgIpc) is 3.55. The van der Waals surface area contributed by atoms with Gasteiger partial charge in [-0.2, -0.15) is 0 Å². The Kier molecular flexibility index (Phi) is 7.39. The van der Waals surface area contributed by atoms with Crippen molar-refractivity contribution in [1.82, 2.24) is 0 Å². The summed E-state index contributed by atoms with van der Waals surface area (Å²) in [7, 11) is 0. The molecule has 0 radical (unpaired) electrons. The highest BCUT2D eigenvalue weighted by Gasteiger charge is 2.29. The number of hydrogen-bond acceptors (Lipinski definition) is 0. The highest BCUT2D eigenvalue weighted by molar-refractivity contribution is 6.31. The van der Waals surface area contributed by atoms with Crippen LogP contribution >= 0.6 is 23.2 Å². The van der Waals surface area contributed by atoms with Gasteiger partial charge in [-0.1, -0.05) is 113 Å². The van der Waals surface area contributed by atoms with E-state index < -0.39 is 0 Å². The number of fused-ring (bicyclic) bond motifs is 2. The molecule has 0 aromatic heterocycles. The Bertz CT molecular complexity index is 2040. The fraction of sp³-hybridized carbons (Fsp3) is 0.268. The zero-order valence-electron chi connectivity index (χ0n) is 26.5. The van der Waals surface area contributed by atoms with Crippen molar-refractivity contribution in [3.05, 3.63) is 154 Å². The molecule has 0 fully saturated rings. The van der Waals surface area contributed by atoms with Crippen molar-refractivity contribution >= 4 is 40.4 Å². The van der Waals surface area contributed by atoms with Gasteiger partial charge in [-0.15, -0.1) is 0 Å². The number of hydrogen-bond donors (Lipinski definition) is 0. The van der Waals surface area contributed by atoms with Gasteiger partial charge in [0.2, 0.25) is 0 Å². The van der Waals surface area contributed by atoms with Gasteiger partial charge in [0, 0.05) is 10.0 Å². The topological polar surface area (TPSA) is 0 Å². The van der Waals surface area contributed by atoms with Crippen LogP contribution in [0.15, 0.2) is 78.9 Å². The van der Waals surface area contributed by atoms with E-state index in [1.54, 1.807) is 0 Å². The Labute approximate surface area is 266 Å². The van der Waals surface area contributed by atoms with E-state index >= 15 is 0 Å². The van der Waals surface area contributed by atoms with E-state index in [1.807, 2.05) is 12.1 Å². The van der Waals surface area contributed by atoms with Crippen LogP contribution in [0.3, 0.4) is 0 Å². The summed E-state index contributed by atoms with van der Waals surface area (Å²) in [6.07, 6.45) is 10.2. The molecule has 4 aromatic carbocycles. The third-order valence-electron chi connectivity index (χ3n) is 8.88. The normalized spacial score (nSPS) is 14.0. The van der Waals surface area contributed by atoms with Gasteiger partial charge in [0.25, 0.3) is 0 Å². The zero-order chi connectivity index (χ0) is 30.8. The molecule has 0 amide bonds. The second-order valence-corrected chi connectivity index (χ2v) is 15.0. The molecule has 0 nitrogen and oxygen atoms in total. The molecule has 0 bridgehead atoms. The Morgan fingerprint density at radius 2 is 1.40 bits per heavy atom. The second kappa shape index (κ2) is 10.7. The number of benzene rings is 4. The molecule has 0 N–H and O–H groups in total. The van der Waals surface area contributed by atoms with Crippen molar-refractivity contribution in [3.8, 4) is 0 Å². The SMILES string of the molecule is Cc1cc2c(cc1C(C)(C)C)=c1c(c(C3=CC=CC3)c(C)c(C(C)(C)C)c1=C(c1cccc(Cl)c1)c1cccc(Cl)c1)C=2. The van der Waals surface area contributed by atoms with Gasteiger partial charge in [-0.25, -0.2) is 0 Å². The van der Waals surface area contributed by atoms with Crippen molar-refractivity contribution < 1.29 is 0 Å². The number of halogens is 2. The minimum Gasteiger partial charge on any atom is -0.0843 e. The van der Waals surface area contributed by atoms with Gasteiger partial charge in [-0.3, -0.25) is 0 Å². The highest BCUT2D eigenvalue weighted by Crippen LogP contribution is 2.38. The lowest BCUT2D eigenvalue weighted by Gasteiger charge is -2.28. The van der Waals surface area contributed by atoms with Crippen LogP contribution < -0.4 is 10.4 Å². The van der Waals surface area contributed by atoms with Gasteiger partial charge in [-0.05, 0) is 144 Å². The molecule has 0 saturated heterocycles. The summed E-state index contributed by atoms with van der Waals surface area (Å²) in [5.41, 5.74) is 12.7. The second-order valence-electron chi connectivity index (χ2n) is 14.2. The standard InChI is InChI=1S/C41H40Cl2/c1-24-19-29-22-33-35(26-13-9-10-14-26)25(2)39(41(6,7)8)38(37(33)32(29)23-34(24)40(3,4)5)36(27-15-11-17-30(42)20-27)28-16-12-18-31(43)21-28/h9-13,15-23H,14H2,1-8H3. The quantitative estimate of drug-likeness (QED) is 0.193. The molecule has 0 unspecified atom stereocenters. The summed E-state index contributed by atoms with van der Waals surface area (Å²) in [5.74, 6) is 0. The predicted molar refractivity (Wildman–Crippen MR) is 186 cm³/mol. The fourth-order valence-electron chi connectivity index (χ4n) is 7.33. The smallest absolute Gasteiger partial charge is 0.0412 e. The molecule has 2 heteroatoms. The molecular formula is C41H40Cl2. The number of allylic oxidation sites excluding steroid dienone is 4. The highest BCUT2D eigenvalue weighted by atomic mass is 35.5. The maximum atomic E-state index is 6.69. The Hall–Kier alpha value is -3.32. The molecule has 0 atom stereocenters. The largest absolute Gasteiger partial charge is 0.0843 e. The van der Waals surface area contributed by atoms with Crippen LogP contribution in [0.2, 0.25) is 10.0 Å². The third kappa shape index (κ3) is 5.24. The molecule has 2 aliphatic carbocycles. The molecule has 218 valence electrons. The van der Waals surface area contributed by atoms with Crippen LogP contribution in [0.1, 0.15) is 92.5 Å². The minimum atomic E-state index is -0.140. The number of aryl methyl sites for hydroxylation is 1. The van der Waals surface area contributed by atoms with E-state index in [4.69, 9.17) is 23.2 Å². The molecule has 43 heavy (non-hydrogen) atoms. The van der Waals surface area contributed by atoms with Gasteiger partial charge in [0.1, 0.15) is 0 Å². The van der Waals surface area contributed by atoms with E-state index in [9.17, 15) is 0 Å². The van der Waals surface area contributed by atoms with Crippen molar-refractivity contribution in [2.24, 2.45) is 0 Å². The minimum absolute atomic E-state index is 0.0206. The Balaban J connectivity index is 2.02.